The molecule has 96 valence electrons. The molecule has 2 nitrogen and oxygen atoms in total. The molecule has 0 radical (unpaired) electrons. The van der Waals surface area contributed by atoms with E-state index in [-0.39, 0.29) is 0 Å². The molecule has 0 spiro atoms. The zero-order chi connectivity index (χ0) is 11.8. The van der Waals surface area contributed by atoms with Gasteiger partial charge in [0.1, 0.15) is 0 Å². The van der Waals surface area contributed by atoms with Crippen molar-refractivity contribution in [1.82, 2.24) is 10.2 Å². The van der Waals surface area contributed by atoms with E-state index in [9.17, 15) is 0 Å². The SMILES string of the molecule is CCCCCN(C)C1CCCC(NCC)C1. The Morgan fingerprint density at radius 1 is 1.19 bits per heavy atom. The molecule has 1 rings (SSSR count). The molecule has 1 fully saturated rings. The van der Waals surface area contributed by atoms with Crippen LogP contribution in [0, 0.1) is 0 Å². The Kier molecular flexibility index (Phi) is 7.06. The van der Waals surface area contributed by atoms with E-state index in [1.807, 2.05) is 0 Å². The van der Waals surface area contributed by atoms with E-state index < -0.39 is 0 Å². The predicted molar refractivity (Wildman–Crippen MR) is 71.9 cm³/mol. The Morgan fingerprint density at radius 2 is 2.00 bits per heavy atom. The van der Waals surface area contributed by atoms with E-state index in [0.717, 1.165) is 18.6 Å². The van der Waals surface area contributed by atoms with E-state index in [1.165, 1.54) is 51.5 Å². The van der Waals surface area contributed by atoms with Gasteiger partial charge < -0.3 is 10.2 Å². The molecule has 1 N–H and O–H groups in total. The zero-order valence-electron chi connectivity index (χ0n) is 11.5. The minimum Gasteiger partial charge on any atom is -0.314 e. The van der Waals surface area contributed by atoms with Crippen molar-refractivity contribution in [1.29, 1.82) is 0 Å². The maximum absolute atomic E-state index is 3.61. The first-order chi connectivity index (χ1) is 7.77. The van der Waals surface area contributed by atoms with Crippen LogP contribution in [0.25, 0.3) is 0 Å². The van der Waals surface area contributed by atoms with Gasteiger partial charge >= 0.3 is 0 Å². The lowest BCUT2D eigenvalue weighted by Gasteiger charge is -2.35. The normalized spacial score (nSPS) is 26.2. The van der Waals surface area contributed by atoms with Crippen LogP contribution in [-0.2, 0) is 0 Å². The second-order valence-corrected chi connectivity index (χ2v) is 5.26. The average Bonchev–Trinajstić information content (AvgIpc) is 2.30. The maximum Gasteiger partial charge on any atom is 0.0107 e. The summed E-state index contributed by atoms with van der Waals surface area (Å²) >= 11 is 0. The fraction of sp³-hybridized carbons (Fsp3) is 1.00. The van der Waals surface area contributed by atoms with Gasteiger partial charge in [-0.15, -0.1) is 0 Å². The summed E-state index contributed by atoms with van der Waals surface area (Å²) in [6.45, 7) is 6.91. The average molecular weight is 226 g/mol. The molecule has 0 heterocycles. The fourth-order valence-corrected chi connectivity index (χ4v) is 2.83. The molecule has 0 aromatic rings. The van der Waals surface area contributed by atoms with Crippen LogP contribution >= 0.6 is 0 Å². The topological polar surface area (TPSA) is 15.3 Å². The van der Waals surface area contributed by atoms with Crippen LogP contribution in [0.5, 0.6) is 0 Å². The van der Waals surface area contributed by atoms with Crippen LogP contribution in [0.15, 0.2) is 0 Å². The van der Waals surface area contributed by atoms with Crippen molar-refractivity contribution in [3.63, 3.8) is 0 Å². The van der Waals surface area contributed by atoms with E-state index in [1.54, 1.807) is 0 Å². The summed E-state index contributed by atoms with van der Waals surface area (Å²) in [5.74, 6) is 0. The zero-order valence-corrected chi connectivity index (χ0v) is 11.5. The molecule has 1 aliphatic rings. The lowest BCUT2D eigenvalue weighted by atomic mass is 9.90. The van der Waals surface area contributed by atoms with Gasteiger partial charge in [-0.2, -0.15) is 0 Å². The van der Waals surface area contributed by atoms with Crippen LogP contribution < -0.4 is 5.32 Å². The molecule has 0 bridgehead atoms. The molecule has 2 unspecified atom stereocenters. The number of rotatable bonds is 7. The Bertz CT molecular complexity index is 168. The number of nitrogens with one attached hydrogen (secondary N) is 1. The van der Waals surface area contributed by atoms with Gasteiger partial charge in [0.05, 0.1) is 0 Å². The van der Waals surface area contributed by atoms with Gasteiger partial charge in [0.15, 0.2) is 0 Å². The quantitative estimate of drug-likeness (QED) is 0.671. The molecule has 0 aromatic heterocycles. The molecule has 2 heteroatoms. The highest BCUT2D eigenvalue weighted by molar-refractivity contribution is 4.82. The van der Waals surface area contributed by atoms with Gasteiger partial charge in [-0.1, -0.05) is 33.1 Å². The summed E-state index contributed by atoms with van der Waals surface area (Å²) in [6, 6.07) is 1.60. The third-order valence-electron chi connectivity index (χ3n) is 3.88. The summed E-state index contributed by atoms with van der Waals surface area (Å²) in [4.78, 5) is 2.60. The Labute approximate surface area is 102 Å². The largest absolute Gasteiger partial charge is 0.314 e. The summed E-state index contributed by atoms with van der Waals surface area (Å²) in [7, 11) is 2.31. The summed E-state index contributed by atoms with van der Waals surface area (Å²) in [5, 5.41) is 3.61. The highest BCUT2D eigenvalue weighted by atomic mass is 15.1. The van der Waals surface area contributed by atoms with Gasteiger partial charge in [0, 0.05) is 12.1 Å². The number of nitrogens with zero attached hydrogens (tertiary/aromatic N) is 1. The first-order valence-corrected chi connectivity index (χ1v) is 7.21. The first kappa shape index (κ1) is 14.0. The molecular weight excluding hydrogens is 196 g/mol. The smallest absolute Gasteiger partial charge is 0.0107 e. The lowest BCUT2D eigenvalue weighted by molar-refractivity contribution is 0.167. The maximum atomic E-state index is 3.61. The van der Waals surface area contributed by atoms with Crippen LogP contribution in [0.4, 0.5) is 0 Å². The van der Waals surface area contributed by atoms with Crippen LogP contribution in [-0.4, -0.2) is 37.1 Å². The second kappa shape index (κ2) is 8.08. The molecular formula is C14H30N2. The van der Waals surface area contributed by atoms with Gasteiger partial charge in [0.2, 0.25) is 0 Å². The molecule has 0 amide bonds. The monoisotopic (exact) mass is 226 g/mol. The summed E-state index contributed by atoms with van der Waals surface area (Å²) in [6.07, 6.45) is 9.64. The van der Waals surface area contributed by atoms with Crippen LogP contribution in [0.2, 0.25) is 0 Å². The molecule has 1 saturated carbocycles. The van der Waals surface area contributed by atoms with E-state index in [0.29, 0.717) is 0 Å². The Balaban J connectivity index is 2.23. The van der Waals surface area contributed by atoms with Gasteiger partial charge in [-0.25, -0.2) is 0 Å². The Morgan fingerprint density at radius 3 is 2.69 bits per heavy atom. The fourth-order valence-electron chi connectivity index (χ4n) is 2.83. The third-order valence-corrected chi connectivity index (χ3v) is 3.88. The van der Waals surface area contributed by atoms with Crippen molar-refractivity contribution in [2.75, 3.05) is 20.1 Å². The molecule has 0 aromatic carbocycles. The van der Waals surface area contributed by atoms with Gasteiger partial charge in [-0.3, -0.25) is 0 Å². The third kappa shape index (κ3) is 4.84. The minimum atomic E-state index is 0.775. The number of hydrogen-bond acceptors (Lipinski definition) is 2. The van der Waals surface area contributed by atoms with Crippen molar-refractivity contribution < 1.29 is 0 Å². The van der Waals surface area contributed by atoms with Crippen LogP contribution in [0.3, 0.4) is 0 Å². The molecule has 16 heavy (non-hydrogen) atoms. The standard InChI is InChI=1S/C14H30N2/c1-4-6-7-11-16(3)14-10-8-9-13(12-14)15-5-2/h13-15H,4-12H2,1-3H3. The predicted octanol–water partition coefficient (Wildman–Crippen LogP) is 3.03. The van der Waals surface area contributed by atoms with Crippen molar-refractivity contribution in [3.8, 4) is 0 Å². The van der Waals surface area contributed by atoms with Gasteiger partial charge in [0.25, 0.3) is 0 Å². The minimum absolute atomic E-state index is 0.775. The van der Waals surface area contributed by atoms with Crippen molar-refractivity contribution in [3.05, 3.63) is 0 Å². The van der Waals surface area contributed by atoms with E-state index in [4.69, 9.17) is 0 Å². The molecule has 2 atom stereocenters. The summed E-state index contributed by atoms with van der Waals surface area (Å²) in [5.41, 5.74) is 0. The molecule has 0 aliphatic heterocycles. The van der Waals surface area contributed by atoms with Gasteiger partial charge in [-0.05, 0) is 45.8 Å². The first-order valence-electron chi connectivity index (χ1n) is 7.21. The number of hydrogen-bond donors (Lipinski definition) is 1. The molecule has 1 aliphatic carbocycles. The van der Waals surface area contributed by atoms with Crippen molar-refractivity contribution in [2.24, 2.45) is 0 Å². The van der Waals surface area contributed by atoms with Crippen molar-refractivity contribution in [2.45, 2.75) is 70.9 Å². The highest BCUT2D eigenvalue weighted by Crippen LogP contribution is 2.22. The molecule has 0 saturated heterocycles. The lowest BCUT2D eigenvalue weighted by Crippen LogP contribution is -2.43. The highest BCUT2D eigenvalue weighted by Gasteiger charge is 2.23. The van der Waals surface area contributed by atoms with Crippen LogP contribution in [0.1, 0.15) is 58.8 Å². The van der Waals surface area contributed by atoms with E-state index in [2.05, 4.69) is 31.1 Å². The number of unbranched alkanes of at least 4 members (excludes halogenated alkanes) is 2. The second-order valence-electron chi connectivity index (χ2n) is 5.26. The van der Waals surface area contributed by atoms with Crippen molar-refractivity contribution >= 4 is 0 Å². The Hall–Kier alpha value is -0.0800. The summed E-state index contributed by atoms with van der Waals surface area (Å²) < 4.78 is 0. The van der Waals surface area contributed by atoms with E-state index >= 15 is 0 Å².